The number of rotatable bonds is 5. The highest BCUT2D eigenvalue weighted by atomic mass is 32.1. The van der Waals surface area contributed by atoms with Crippen LogP contribution in [-0.2, 0) is 22.6 Å². The van der Waals surface area contributed by atoms with Crippen molar-refractivity contribution in [2.75, 3.05) is 19.6 Å². The average molecular weight is 384 g/mol. The minimum Gasteiger partial charge on any atom is -0.342 e. The Kier molecular flexibility index (Phi) is 5.25. The van der Waals surface area contributed by atoms with Crippen molar-refractivity contribution in [3.8, 4) is 0 Å². The highest BCUT2D eigenvalue weighted by Crippen LogP contribution is 2.40. The first-order valence-electron chi connectivity index (χ1n) is 9.63. The Hall–Kier alpha value is -2.21. The fraction of sp³-hybridized carbons (Fsp3) is 0.476. The average Bonchev–Trinajstić information content (AvgIpc) is 3.35. The normalized spacial score (nSPS) is 22.6. The minimum atomic E-state index is -0.376. The van der Waals surface area contributed by atoms with E-state index in [4.69, 9.17) is 0 Å². The summed E-state index contributed by atoms with van der Waals surface area (Å²) in [6, 6.07) is 5.99. The van der Waals surface area contributed by atoms with Gasteiger partial charge in [-0.25, -0.2) is 0 Å². The van der Waals surface area contributed by atoms with Gasteiger partial charge in [0.15, 0.2) is 0 Å². The fourth-order valence-corrected chi connectivity index (χ4v) is 5.03. The Balaban J connectivity index is 1.38. The molecule has 0 radical (unpaired) electrons. The first-order chi connectivity index (χ1) is 13.2. The van der Waals surface area contributed by atoms with E-state index < -0.39 is 0 Å². The number of likely N-dealkylation sites (tertiary alicyclic amines) is 2. The van der Waals surface area contributed by atoms with Crippen molar-refractivity contribution < 1.29 is 9.59 Å². The van der Waals surface area contributed by atoms with Crippen molar-refractivity contribution in [2.45, 2.75) is 38.6 Å². The Bertz CT molecular complexity index is 793. The number of aromatic nitrogens is 1. The fourth-order valence-electron chi connectivity index (χ4n) is 4.32. The Morgan fingerprint density at radius 3 is 2.93 bits per heavy atom. The maximum atomic E-state index is 13.2. The van der Waals surface area contributed by atoms with Gasteiger partial charge in [-0.3, -0.25) is 14.6 Å². The molecule has 0 aliphatic carbocycles. The van der Waals surface area contributed by atoms with E-state index in [1.54, 1.807) is 17.5 Å². The molecule has 2 fully saturated rings. The number of pyridine rings is 1. The summed E-state index contributed by atoms with van der Waals surface area (Å²) in [7, 11) is 0. The molecule has 2 aliphatic rings. The number of hydrogen-bond acceptors (Lipinski definition) is 4. The number of hydrogen-bond donors (Lipinski definition) is 0. The van der Waals surface area contributed by atoms with Gasteiger partial charge in [0.1, 0.15) is 0 Å². The zero-order valence-corrected chi connectivity index (χ0v) is 16.3. The predicted molar refractivity (Wildman–Crippen MR) is 105 cm³/mol. The van der Waals surface area contributed by atoms with Gasteiger partial charge in [-0.05, 0) is 59.7 Å². The van der Waals surface area contributed by atoms with Gasteiger partial charge in [-0.2, -0.15) is 11.3 Å². The molecule has 0 aromatic carbocycles. The van der Waals surface area contributed by atoms with Gasteiger partial charge in [-0.1, -0.05) is 6.07 Å². The van der Waals surface area contributed by atoms with Crippen LogP contribution >= 0.6 is 11.3 Å². The standard InChI is InChI=1S/C21H25N3O2S/c25-19(5-4-17-6-12-27-15-17)24-11-8-21(16-24)7-2-10-23(20(21)26)14-18-3-1-9-22-13-18/h1,3,6,9,12-13,15H,2,4-5,7-8,10-11,14,16H2/t21-/m1/s1. The van der Waals surface area contributed by atoms with Crippen molar-refractivity contribution in [2.24, 2.45) is 5.41 Å². The molecule has 4 rings (SSSR count). The molecule has 0 N–H and O–H groups in total. The zero-order chi connectivity index (χ0) is 18.7. The second kappa shape index (κ2) is 7.80. The monoisotopic (exact) mass is 383 g/mol. The second-order valence-corrected chi connectivity index (χ2v) is 8.45. The molecule has 2 saturated heterocycles. The first-order valence-corrected chi connectivity index (χ1v) is 10.6. The maximum Gasteiger partial charge on any atom is 0.230 e. The van der Waals surface area contributed by atoms with Crippen molar-refractivity contribution >= 4 is 23.2 Å². The third-order valence-corrected chi connectivity index (χ3v) is 6.57. The summed E-state index contributed by atoms with van der Waals surface area (Å²) < 4.78 is 0. The topological polar surface area (TPSA) is 53.5 Å². The van der Waals surface area contributed by atoms with E-state index in [2.05, 4.69) is 16.4 Å². The van der Waals surface area contributed by atoms with Gasteiger partial charge in [0.2, 0.25) is 11.8 Å². The SMILES string of the molecule is O=C(CCc1ccsc1)N1CC[C@]2(CCCN(Cc3cccnc3)C2=O)C1. The summed E-state index contributed by atoms with van der Waals surface area (Å²) in [5, 5.41) is 4.14. The van der Waals surface area contributed by atoms with Crippen LogP contribution in [0.15, 0.2) is 41.4 Å². The van der Waals surface area contributed by atoms with Gasteiger partial charge < -0.3 is 9.80 Å². The summed E-state index contributed by atoms with van der Waals surface area (Å²) in [6.45, 7) is 2.69. The van der Waals surface area contributed by atoms with Crippen LogP contribution in [0.5, 0.6) is 0 Å². The molecule has 6 heteroatoms. The first kappa shape index (κ1) is 18.2. The summed E-state index contributed by atoms with van der Waals surface area (Å²) in [5.41, 5.74) is 1.90. The summed E-state index contributed by atoms with van der Waals surface area (Å²) in [6.07, 6.45) is 7.57. The number of nitrogens with zero attached hydrogens (tertiary/aromatic N) is 3. The van der Waals surface area contributed by atoms with E-state index in [-0.39, 0.29) is 17.2 Å². The van der Waals surface area contributed by atoms with E-state index in [0.717, 1.165) is 37.8 Å². The largest absolute Gasteiger partial charge is 0.342 e. The van der Waals surface area contributed by atoms with Crippen LogP contribution in [0, 0.1) is 5.41 Å². The van der Waals surface area contributed by atoms with Crippen LogP contribution in [0.25, 0.3) is 0 Å². The molecule has 27 heavy (non-hydrogen) atoms. The Morgan fingerprint density at radius 2 is 2.15 bits per heavy atom. The molecule has 0 unspecified atom stereocenters. The molecule has 1 spiro atoms. The highest BCUT2D eigenvalue weighted by molar-refractivity contribution is 7.07. The smallest absolute Gasteiger partial charge is 0.230 e. The maximum absolute atomic E-state index is 13.2. The predicted octanol–water partition coefficient (Wildman–Crippen LogP) is 3.12. The van der Waals surface area contributed by atoms with E-state index in [1.807, 2.05) is 33.5 Å². The second-order valence-electron chi connectivity index (χ2n) is 7.67. The molecular formula is C21H25N3O2S. The molecule has 2 amide bonds. The van der Waals surface area contributed by atoms with Crippen molar-refractivity contribution in [1.82, 2.24) is 14.8 Å². The van der Waals surface area contributed by atoms with Gasteiger partial charge >= 0.3 is 0 Å². The highest BCUT2D eigenvalue weighted by Gasteiger charge is 2.49. The molecule has 1 atom stereocenters. The lowest BCUT2D eigenvalue weighted by Crippen LogP contribution is -2.50. The molecule has 4 heterocycles. The van der Waals surface area contributed by atoms with Crippen LogP contribution in [0.1, 0.15) is 36.8 Å². The van der Waals surface area contributed by atoms with E-state index in [1.165, 1.54) is 5.56 Å². The number of thiophene rings is 1. The van der Waals surface area contributed by atoms with Crippen LogP contribution in [0.4, 0.5) is 0 Å². The number of carbonyl (C=O) groups excluding carboxylic acids is 2. The van der Waals surface area contributed by atoms with Crippen molar-refractivity contribution in [3.63, 3.8) is 0 Å². The lowest BCUT2D eigenvalue weighted by Gasteiger charge is -2.39. The molecule has 142 valence electrons. The quantitative estimate of drug-likeness (QED) is 0.797. The number of carbonyl (C=O) groups is 2. The molecule has 5 nitrogen and oxygen atoms in total. The number of amides is 2. The molecular weight excluding hydrogens is 358 g/mol. The molecule has 2 aromatic heterocycles. The van der Waals surface area contributed by atoms with Crippen molar-refractivity contribution in [3.05, 3.63) is 52.5 Å². The van der Waals surface area contributed by atoms with Crippen molar-refractivity contribution in [1.29, 1.82) is 0 Å². The number of piperidine rings is 1. The third-order valence-electron chi connectivity index (χ3n) is 5.83. The summed E-state index contributed by atoms with van der Waals surface area (Å²) in [4.78, 5) is 33.9. The van der Waals surface area contributed by atoms with E-state index in [0.29, 0.717) is 26.1 Å². The summed E-state index contributed by atoms with van der Waals surface area (Å²) >= 11 is 1.66. The molecule has 0 saturated carbocycles. The number of aryl methyl sites for hydroxylation is 1. The van der Waals surface area contributed by atoms with Gasteiger partial charge in [0, 0.05) is 45.0 Å². The molecule has 0 bridgehead atoms. The van der Waals surface area contributed by atoms with E-state index >= 15 is 0 Å². The van der Waals surface area contributed by atoms with Gasteiger partial charge in [0.05, 0.1) is 5.41 Å². The molecule has 2 aliphatic heterocycles. The van der Waals surface area contributed by atoms with E-state index in [9.17, 15) is 9.59 Å². The lowest BCUT2D eigenvalue weighted by molar-refractivity contribution is -0.146. The Labute approximate surface area is 164 Å². The van der Waals surface area contributed by atoms with Gasteiger partial charge in [0.25, 0.3) is 0 Å². The van der Waals surface area contributed by atoms with Gasteiger partial charge in [-0.15, -0.1) is 0 Å². The molecule has 2 aromatic rings. The van der Waals surface area contributed by atoms with Crippen LogP contribution < -0.4 is 0 Å². The third kappa shape index (κ3) is 3.90. The van der Waals surface area contributed by atoms with Crippen LogP contribution in [0.2, 0.25) is 0 Å². The summed E-state index contributed by atoms with van der Waals surface area (Å²) in [5.74, 6) is 0.390. The van der Waals surface area contributed by atoms with Crippen LogP contribution in [-0.4, -0.2) is 46.2 Å². The van der Waals surface area contributed by atoms with Crippen LogP contribution in [0.3, 0.4) is 0 Å². The lowest BCUT2D eigenvalue weighted by atomic mass is 9.78. The Morgan fingerprint density at radius 1 is 1.22 bits per heavy atom. The zero-order valence-electron chi connectivity index (χ0n) is 15.5. The minimum absolute atomic E-state index is 0.176.